The van der Waals surface area contributed by atoms with E-state index in [0.29, 0.717) is 0 Å². The molecule has 2 aliphatic heterocycles. The summed E-state index contributed by atoms with van der Waals surface area (Å²) in [6.07, 6.45) is -16.3. The Kier molecular flexibility index (Phi) is 13.8. The molecule has 23 nitrogen and oxygen atoms in total. The largest absolute Gasteiger partial charge is 0.493 e. The Balaban J connectivity index is 1.57. The molecule has 2 fully saturated rings. The van der Waals surface area contributed by atoms with E-state index >= 15 is 0 Å². The third kappa shape index (κ3) is 9.31. The molecule has 23 heteroatoms. The van der Waals surface area contributed by atoms with Crippen LogP contribution in [0.25, 0.3) is 32.7 Å². The fourth-order valence-corrected chi connectivity index (χ4v) is 7.64. The standard InChI is InChI=1S/C41H44O23/c1-14-28(55-16(3)43)34(57-18(5)45)36(59-20(7)47)40(54-14)64-37-35(58-19(6)46)31(56-17(4)44)25(13-53-15(2)42)61-41(37)60-24-12-22-27-26-21(38(48)63-33(27)30(24)52-10)11-23(50-8)29(51-9)32(26)62-39(22)49/h11-12,14,25,28,31,34-37,40-41H,13H2,1-10H3/t14-,25+,28-,31+,34-,35-,36+,37+,40+,41+/m0/s1. The highest BCUT2D eigenvalue weighted by Crippen LogP contribution is 2.47. The Morgan fingerprint density at radius 3 is 1.47 bits per heavy atom. The van der Waals surface area contributed by atoms with Crippen LogP contribution in [0, 0.1) is 0 Å². The second kappa shape index (κ2) is 18.9. The van der Waals surface area contributed by atoms with Crippen LogP contribution in [0.4, 0.5) is 0 Å². The van der Waals surface area contributed by atoms with Crippen molar-refractivity contribution in [1.29, 1.82) is 0 Å². The Bertz CT molecular complexity index is 2570. The van der Waals surface area contributed by atoms with Crippen LogP contribution in [0.1, 0.15) is 48.5 Å². The lowest BCUT2D eigenvalue weighted by molar-refractivity contribution is -0.356. The fraction of sp³-hybridized carbons (Fsp3) is 0.512. The number of rotatable bonds is 14. The average molecular weight is 905 g/mol. The Morgan fingerprint density at radius 2 is 0.984 bits per heavy atom. The van der Waals surface area contributed by atoms with E-state index in [1.165, 1.54) is 40.4 Å². The summed E-state index contributed by atoms with van der Waals surface area (Å²) < 4.78 is 86.3. The van der Waals surface area contributed by atoms with Crippen molar-refractivity contribution in [2.45, 2.75) is 110 Å². The summed E-state index contributed by atoms with van der Waals surface area (Å²) in [5.41, 5.74) is -2.35. The van der Waals surface area contributed by atoms with E-state index in [4.69, 9.17) is 70.4 Å². The summed E-state index contributed by atoms with van der Waals surface area (Å²) in [6, 6.07) is 2.51. The van der Waals surface area contributed by atoms with Gasteiger partial charge in [0.25, 0.3) is 0 Å². The molecule has 0 radical (unpaired) electrons. The lowest BCUT2D eigenvalue weighted by Gasteiger charge is -2.48. The molecule has 4 aromatic rings. The minimum atomic E-state index is -1.92. The molecule has 6 rings (SSSR count). The molecule has 2 aromatic carbocycles. The molecule has 0 unspecified atom stereocenters. The first-order valence-corrected chi connectivity index (χ1v) is 19.4. The minimum Gasteiger partial charge on any atom is -0.493 e. The predicted octanol–water partition coefficient (Wildman–Crippen LogP) is 1.97. The molecule has 0 N–H and O–H groups in total. The van der Waals surface area contributed by atoms with Gasteiger partial charge in [-0.3, -0.25) is 28.8 Å². The fourth-order valence-electron chi connectivity index (χ4n) is 7.64. The summed E-state index contributed by atoms with van der Waals surface area (Å²) in [6.45, 7) is 7.09. The predicted molar refractivity (Wildman–Crippen MR) is 210 cm³/mol. The molecule has 2 saturated heterocycles. The number of carbonyl (C=O) groups is 6. The summed E-state index contributed by atoms with van der Waals surface area (Å²) in [7, 11) is 3.82. The normalized spacial score (nSPS) is 25.5. The van der Waals surface area contributed by atoms with Crippen LogP contribution in [0.3, 0.4) is 0 Å². The van der Waals surface area contributed by atoms with Gasteiger partial charge >= 0.3 is 47.1 Å². The van der Waals surface area contributed by atoms with Gasteiger partial charge in [0.05, 0.1) is 38.2 Å². The van der Waals surface area contributed by atoms with Crippen LogP contribution in [0.5, 0.6) is 23.0 Å². The van der Waals surface area contributed by atoms with Gasteiger partial charge in [-0.15, -0.1) is 0 Å². The maximum absolute atomic E-state index is 13.8. The molecule has 0 amide bonds. The molecule has 0 bridgehead atoms. The van der Waals surface area contributed by atoms with Gasteiger partial charge in [-0.1, -0.05) is 0 Å². The van der Waals surface area contributed by atoms with Crippen LogP contribution in [-0.4, -0.2) is 125 Å². The Hall–Kier alpha value is -6.72. The molecular weight excluding hydrogens is 860 g/mol. The maximum Gasteiger partial charge on any atom is 0.344 e. The van der Waals surface area contributed by atoms with Crippen LogP contribution in [0.15, 0.2) is 30.6 Å². The van der Waals surface area contributed by atoms with Crippen LogP contribution < -0.4 is 30.2 Å². The van der Waals surface area contributed by atoms with Gasteiger partial charge in [0.2, 0.25) is 17.8 Å². The van der Waals surface area contributed by atoms with Crippen molar-refractivity contribution >= 4 is 68.5 Å². The summed E-state index contributed by atoms with van der Waals surface area (Å²) in [5.74, 6) is -5.91. The van der Waals surface area contributed by atoms with Crippen LogP contribution in [0.2, 0.25) is 0 Å². The smallest absolute Gasteiger partial charge is 0.344 e. The van der Waals surface area contributed by atoms with Gasteiger partial charge in [-0.05, 0) is 19.1 Å². The first-order chi connectivity index (χ1) is 30.3. The Labute approximate surface area is 361 Å². The van der Waals surface area contributed by atoms with Crippen molar-refractivity contribution in [2.24, 2.45) is 0 Å². The van der Waals surface area contributed by atoms with E-state index in [-0.39, 0.29) is 55.7 Å². The third-order valence-corrected chi connectivity index (χ3v) is 9.93. The van der Waals surface area contributed by atoms with Gasteiger partial charge in [-0.25, -0.2) is 9.59 Å². The highest BCUT2D eigenvalue weighted by molar-refractivity contribution is 6.22. The van der Waals surface area contributed by atoms with Crippen molar-refractivity contribution in [2.75, 3.05) is 27.9 Å². The highest BCUT2D eigenvalue weighted by Gasteiger charge is 2.57. The number of esters is 6. The minimum absolute atomic E-state index is 0.00474. The molecule has 0 spiro atoms. The van der Waals surface area contributed by atoms with Crippen LogP contribution >= 0.6 is 0 Å². The molecular formula is C41H44O23. The van der Waals surface area contributed by atoms with Gasteiger partial charge in [0, 0.05) is 52.3 Å². The monoisotopic (exact) mass is 904 g/mol. The van der Waals surface area contributed by atoms with E-state index in [0.717, 1.165) is 41.5 Å². The number of methoxy groups -OCH3 is 3. The molecule has 0 aliphatic carbocycles. The average Bonchev–Trinajstić information content (AvgIpc) is 3.20. The maximum atomic E-state index is 13.8. The van der Waals surface area contributed by atoms with Gasteiger partial charge < -0.3 is 70.4 Å². The number of carbonyl (C=O) groups excluding carboxylic acids is 6. The second-order valence-electron chi connectivity index (χ2n) is 14.4. The van der Waals surface area contributed by atoms with E-state index in [1.807, 2.05) is 0 Å². The zero-order chi connectivity index (χ0) is 46.9. The third-order valence-electron chi connectivity index (χ3n) is 9.93. The molecule has 64 heavy (non-hydrogen) atoms. The van der Waals surface area contributed by atoms with E-state index in [9.17, 15) is 38.4 Å². The molecule has 2 aromatic heterocycles. The van der Waals surface area contributed by atoms with Gasteiger partial charge in [0.1, 0.15) is 12.7 Å². The van der Waals surface area contributed by atoms with E-state index in [2.05, 4.69) is 0 Å². The number of hydrogen-bond acceptors (Lipinski definition) is 23. The SMILES string of the molecule is COc1cc2c(=O)oc3c(OC)c(O[C@@H]4O[C@H](COC(C)=O)[C@@H](OC(C)=O)[C@H](OC(C)=O)[C@H]4O[C@H]4O[C@@H](C)[C@H](OC(C)=O)[C@H](OC(C)=O)[C@H]4OC(C)=O)cc4c(=O)oc(c1OC)c2c34. The second-order valence-corrected chi connectivity index (χ2v) is 14.4. The lowest BCUT2D eigenvalue weighted by Crippen LogP contribution is -2.67. The molecule has 2 aliphatic rings. The topological polar surface area (TPSA) is 283 Å². The quantitative estimate of drug-likeness (QED) is 0.0756. The first kappa shape index (κ1) is 46.8. The van der Waals surface area contributed by atoms with Crippen molar-refractivity contribution in [3.63, 3.8) is 0 Å². The zero-order valence-corrected chi connectivity index (χ0v) is 36.0. The number of ether oxygens (including phenoxy) is 13. The first-order valence-electron chi connectivity index (χ1n) is 19.4. The zero-order valence-electron chi connectivity index (χ0n) is 36.0. The summed E-state index contributed by atoms with van der Waals surface area (Å²) in [4.78, 5) is 102. The summed E-state index contributed by atoms with van der Waals surface area (Å²) in [5, 5.41) is -0.0989. The van der Waals surface area contributed by atoms with E-state index < -0.39 is 115 Å². The number of hydrogen-bond donors (Lipinski definition) is 0. The van der Waals surface area contributed by atoms with E-state index in [1.54, 1.807) is 0 Å². The van der Waals surface area contributed by atoms with Gasteiger partial charge in [-0.2, -0.15) is 0 Å². The van der Waals surface area contributed by atoms with Crippen LogP contribution in [-0.2, 0) is 71.4 Å². The lowest BCUT2D eigenvalue weighted by atomic mass is 9.96. The van der Waals surface area contributed by atoms with Crippen molar-refractivity contribution in [1.82, 2.24) is 0 Å². The molecule has 346 valence electrons. The molecule has 0 saturated carbocycles. The highest BCUT2D eigenvalue weighted by atomic mass is 16.8. The van der Waals surface area contributed by atoms with Crippen molar-refractivity contribution in [3.8, 4) is 23.0 Å². The van der Waals surface area contributed by atoms with Gasteiger partial charge in [0.15, 0.2) is 65.6 Å². The van der Waals surface area contributed by atoms with Crippen molar-refractivity contribution in [3.05, 3.63) is 33.0 Å². The van der Waals surface area contributed by atoms with Crippen molar-refractivity contribution < 1.29 is 99.2 Å². The Morgan fingerprint density at radius 1 is 0.531 bits per heavy atom. The molecule has 10 atom stereocenters. The molecule has 4 heterocycles. The number of benzene rings is 2. The summed E-state index contributed by atoms with van der Waals surface area (Å²) >= 11 is 0.